The minimum atomic E-state index is -5.17. The average Bonchev–Trinajstić information content (AvgIpc) is 1.77. The quantitative estimate of drug-likeness (QED) is 0.121. The Labute approximate surface area is 285 Å². The molecule has 0 fully saturated rings. The topological polar surface area (TPSA) is 244 Å². The molecule has 0 saturated carbocycles. The second-order valence-electron chi connectivity index (χ2n) is 1.33. The molecule has 0 aliphatic rings. The summed E-state index contributed by atoms with van der Waals surface area (Å²) in [6, 6.07) is 0. The predicted octanol–water partition coefficient (Wildman–Crippen LogP) is -16.2. The van der Waals surface area contributed by atoms with Crippen LogP contribution in [-0.2, 0) is 35.5 Å². The van der Waals surface area contributed by atoms with E-state index in [1.165, 1.54) is 0 Å². The fourth-order valence-electron chi connectivity index (χ4n) is 0. The summed E-state index contributed by atoms with van der Waals surface area (Å²) in [5.41, 5.74) is 0. The van der Waals surface area contributed by atoms with Crippen LogP contribution in [0.1, 0.15) is 0 Å². The van der Waals surface area contributed by atoms with Crippen molar-refractivity contribution in [1.29, 1.82) is 0 Å². The van der Waals surface area contributed by atoms with E-state index < -0.39 is 31.2 Å². The third-order valence-electron chi connectivity index (χ3n) is 0.0860. The number of rotatable bonds is 1. The second kappa shape index (κ2) is 23.2. The Morgan fingerprint density at radius 1 is 0.700 bits per heavy atom. The molecule has 0 aliphatic heterocycles. The first-order chi connectivity index (χ1) is 6.56. The molecule has 0 unspecified atom stereocenters. The zero-order valence-corrected chi connectivity index (χ0v) is 25.6. The first kappa shape index (κ1) is 45.1. The molecule has 13 nitrogen and oxygen atoms in total. The van der Waals surface area contributed by atoms with E-state index in [0.717, 1.165) is 0 Å². The van der Waals surface area contributed by atoms with Crippen LogP contribution >= 0.6 is 0 Å². The largest absolute Gasteiger partial charge is 1.00 e. The van der Waals surface area contributed by atoms with Gasteiger partial charge >= 0.3 is 216 Å². The molecule has 20 heavy (non-hydrogen) atoms. The SMILES string of the molecule is O=S(=O)(O)O[O-].O=S(=O)([O-])O.O=S(=O)([O-])[O-].[K+].[K+].[K+].[K+]. The Morgan fingerprint density at radius 2 is 0.750 bits per heavy atom. The summed E-state index contributed by atoms with van der Waals surface area (Å²) in [5, 5.41) is 8.61. The zero-order valence-electron chi connectivity index (χ0n) is 10.6. The van der Waals surface area contributed by atoms with Gasteiger partial charge in [0.2, 0.25) is 10.4 Å². The van der Waals surface area contributed by atoms with Crippen molar-refractivity contribution >= 4 is 31.2 Å². The maximum absolute atomic E-state index is 9.02. The van der Waals surface area contributed by atoms with Crippen LogP contribution in [0, 0.1) is 0 Å². The molecule has 0 aromatic heterocycles. The Kier molecular flexibility index (Phi) is 52.2. The van der Waals surface area contributed by atoms with Gasteiger partial charge in [0, 0.05) is 10.4 Å². The van der Waals surface area contributed by atoms with E-state index in [1.807, 2.05) is 0 Å². The second-order valence-corrected chi connectivity index (χ2v) is 4.00. The van der Waals surface area contributed by atoms with Crippen molar-refractivity contribution in [1.82, 2.24) is 0 Å². The van der Waals surface area contributed by atoms with Gasteiger partial charge in [0.25, 0.3) is 0 Å². The number of hydrogen-bond acceptors (Lipinski definition) is 11. The molecule has 0 radical (unpaired) electrons. The molecule has 0 aromatic carbocycles. The molecule has 0 bridgehead atoms. The molecular formula is H2K4O13S3. The van der Waals surface area contributed by atoms with Gasteiger partial charge in [-0.3, -0.25) is 17.5 Å². The molecule has 20 heteroatoms. The van der Waals surface area contributed by atoms with E-state index >= 15 is 0 Å². The van der Waals surface area contributed by atoms with Crippen LogP contribution in [0.5, 0.6) is 0 Å². The molecule has 0 aliphatic carbocycles. The fraction of sp³-hybridized carbons (Fsp3) is 0. The summed E-state index contributed by atoms with van der Waals surface area (Å²) in [6.07, 6.45) is 0. The van der Waals surface area contributed by atoms with Gasteiger partial charge in [0.15, 0.2) is 0 Å². The van der Waals surface area contributed by atoms with Gasteiger partial charge in [0.1, 0.15) is 0 Å². The van der Waals surface area contributed by atoms with E-state index in [4.69, 9.17) is 53.3 Å². The Balaban J connectivity index is -0.0000000232. The van der Waals surface area contributed by atoms with Crippen LogP contribution in [0.2, 0.25) is 0 Å². The normalized spacial score (nSPS) is 9.30. The minimum absolute atomic E-state index is 0. The molecule has 0 atom stereocenters. The smallest absolute Gasteiger partial charge is 0.759 e. The van der Waals surface area contributed by atoms with Crippen molar-refractivity contribution in [2.75, 3.05) is 0 Å². The van der Waals surface area contributed by atoms with Crippen molar-refractivity contribution in [2.24, 2.45) is 0 Å². The van der Waals surface area contributed by atoms with E-state index in [-0.39, 0.29) is 206 Å². The molecule has 2 N–H and O–H groups in total. The third-order valence-corrected chi connectivity index (χ3v) is 0.258. The van der Waals surface area contributed by atoms with Gasteiger partial charge in [-0.05, 0) is 0 Å². The Bertz CT molecular complexity index is 410. The van der Waals surface area contributed by atoms with E-state index in [2.05, 4.69) is 4.33 Å². The summed E-state index contributed by atoms with van der Waals surface area (Å²) in [6.45, 7) is 0. The minimum Gasteiger partial charge on any atom is -0.759 e. The summed E-state index contributed by atoms with van der Waals surface area (Å²) >= 11 is 0. The average molecular weight is 463 g/mol. The van der Waals surface area contributed by atoms with Crippen molar-refractivity contribution in [3.63, 3.8) is 0 Å². The van der Waals surface area contributed by atoms with Crippen LogP contribution < -0.4 is 211 Å². The van der Waals surface area contributed by atoms with Crippen LogP contribution in [0.3, 0.4) is 0 Å². The van der Waals surface area contributed by atoms with E-state index in [9.17, 15) is 0 Å². The molecule has 0 aromatic rings. The molecule has 0 spiro atoms. The van der Waals surface area contributed by atoms with Gasteiger partial charge < -0.3 is 23.2 Å². The molecule has 0 saturated heterocycles. The summed E-state index contributed by atoms with van der Waals surface area (Å²) < 4.78 is 94.4. The molecule has 0 rings (SSSR count). The van der Waals surface area contributed by atoms with Gasteiger partial charge in [-0.15, -0.1) is 0 Å². The maximum atomic E-state index is 9.02. The van der Waals surface area contributed by atoms with Crippen LogP contribution in [-0.4, -0.2) is 48.0 Å². The maximum Gasteiger partial charge on any atom is 1.00 e. The van der Waals surface area contributed by atoms with Crippen LogP contribution in [0.15, 0.2) is 0 Å². The predicted molar refractivity (Wildman–Crippen MR) is 35.4 cm³/mol. The van der Waals surface area contributed by atoms with Gasteiger partial charge in [0.05, 0.1) is 0 Å². The Hall–Kier alpha value is 6.12. The summed E-state index contributed by atoms with van der Waals surface area (Å²) in [4.78, 5) is 0. The molecule has 0 amide bonds. The van der Waals surface area contributed by atoms with Crippen molar-refractivity contribution in [3.05, 3.63) is 0 Å². The van der Waals surface area contributed by atoms with Gasteiger partial charge in [-0.2, -0.15) is 8.42 Å². The molecular weight excluding hydrogens is 461 g/mol. The standard InChI is InChI=1S/4K.H2O5S.2H2O4S/c;;;;1-5-6(2,3)4;2*1-5(2,3)4/h;;;;1H,(H,2,3,4);2*(H2,1,2,3,4)/q4*+1;;;/p-4. The van der Waals surface area contributed by atoms with Crippen molar-refractivity contribution in [3.8, 4) is 0 Å². The van der Waals surface area contributed by atoms with Crippen LogP contribution in [0.25, 0.3) is 0 Å². The number of hydrogen-bond donors (Lipinski definition) is 2. The summed E-state index contributed by atoms with van der Waals surface area (Å²) in [7, 11) is -14.8. The van der Waals surface area contributed by atoms with Crippen LogP contribution in [0.4, 0.5) is 0 Å². The molecule has 102 valence electrons. The van der Waals surface area contributed by atoms with Crippen molar-refractivity contribution in [2.45, 2.75) is 0 Å². The first-order valence-corrected chi connectivity index (χ1v) is 6.26. The van der Waals surface area contributed by atoms with Crippen molar-refractivity contribution < 1.29 is 263 Å². The monoisotopic (exact) mass is 462 g/mol. The first-order valence-electron chi connectivity index (χ1n) is 2.20. The van der Waals surface area contributed by atoms with Gasteiger partial charge in [-0.25, -0.2) is 8.42 Å². The Morgan fingerprint density at radius 3 is 0.750 bits per heavy atom. The summed E-state index contributed by atoms with van der Waals surface area (Å²) in [5.74, 6) is 0. The molecule has 0 heterocycles. The van der Waals surface area contributed by atoms with E-state index in [1.54, 1.807) is 0 Å². The third kappa shape index (κ3) is 155. The van der Waals surface area contributed by atoms with E-state index in [0.29, 0.717) is 0 Å². The van der Waals surface area contributed by atoms with Gasteiger partial charge in [-0.1, -0.05) is 0 Å². The zero-order chi connectivity index (χ0) is 14.2. The fourth-order valence-corrected chi connectivity index (χ4v) is 0.